The van der Waals surface area contributed by atoms with Crippen LogP contribution in [0, 0.1) is 12.7 Å². The molecule has 0 saturated carbocycles. The Morgan fingerprint density at radius 2 is 2.22 bits per heavy atom. The third kappa shape index (κ3) is 4.65. The highest BCUT2D eigenvalue weighted by atomic mass is 19.1. The van der Waals surface area contributed by atoms with Crippen molar-refractivity contribution in [2.75, 3.05) is 33.9 Å². The molecule has 1 aliphatic rings. The fourth-order valence-corrected chi connectivity index (χ4v) is 2.94. The topological polar surface area (TPSA) is 50.8 Å². The van der Waals surface area contributed by atoms with Crippen molar-refractivity contribution in [2.45, 2.75) is 31.9 Å². The van der Waals surface area contributed by atoms with Crippen molar-refractivity contribution in [3.63, 3.8) is 0 Å². The third-order valence-electron chi connectivity index (χ3n) is 4.20. The minimum atomic E-state index is -0.234. The first-order valence-corrected chi connectivity index (χ1v) is 7.86. The first-order valence-electron chi connectivity index (χ1n) is 7.86. The number of ether oxygens (including phenoxy) is 2. The first kappa shape index (κ1) is 17.7. The molecule has 2 atom stereocenters. The van der Waals surface area contributed by atoms with E-state index in [9.17, 15) is 9.18 Å². The molecule has 0 aliphatic carbocycles. The number of hydrogen-bond acceptors (Lipinski definition) is 3. The first-order chi connectivity index (χ1) is 11.0. The van der Waals surface area contributed by atoms with Crippen molar-refractivity contribution in [3.8, 4) is 0 Å². The number of nitrogens with zero attached hydrogens (tertiary/aromatic N) is 1. The molecule has 1 N–H and O–H groups in total. The Balaban J connectivity index is 1.87. The molecule has 1 aliphatic heterocycles. The fraction of sp³-hybridized carbons (Fsp3) is 0.588. The van der Waals surface area contributed by atoms with Crippen LogP contribution in [-0.2, 0) is 15.9 Å². The Hall–Kier alpha value is -1.66. The van der Waals surface area contributed by atoms with E-state index in [1.807, 2.05) is 13.0 Å². The number of likely N-dealkylation sites (tertiary alicyclic amines) is 1. The van der Waals surface area contributed by atoms with Crippen LogP contribution in [-0.4, -0.2) is 57.0 Å². The lowest BCUT2D eigenvalue weighted by atomic mass is 10.1. The molecule has 0 unspecified atom stereocenters. The van der Waals surface area contributed by atoms with E-state index in [4.69, 9.17) is 9.47 Å². The van der Waals surface area contributed by atoms with Crippen LogP contribution in [0.2, 0.25) is 0 Å². The second-order valence-corrected chi connectivity index (χ2v) is 5.93. The summed E-state index contributed by atoms with van der Waals surface area (Å²) in [5.74, 6) is -0.234. The zero-order valence-corrected chi connectivity index (χ0v) is 14.0. The lowest BCUT2D eigenvalue weighted by Gasteiger charge is -2.24. The predicted octanol–water partition coefficient (Wildman–Crippen LogP) is 2.12. The molecule has 0 spiro atoms. The van der Waals surface area contributed by atoms with Gasteiger partial charge in [0.05, 0.1) is 18.8 Å². The van der Waals surface area contributed by atoms with Crippen LogP contribution in [0.25, 0.3) is 0 Å². The van der Waals surface area contributed by atoms with Crippen LogP contribution in [0.1, 0.15) is 17.5 Å². The summed E-state index contributed by atoms with van der Waals surface area (Å²) in [6.07, 6.45) is 1.27. The molecule has 0 radical (unpaired) electrons. The minimum Gasteiger partial charge on any atom is -0.383 e. The van der Waals surface area contributed by atoms with E-state index in [1.54, 1.807) is 25.2 Å². The predicted molar refractivity (Wildman–Crippen MR) is 86.0 cm³/mol. The Morgan fingerprint density at radius 3 is 2.91 bits per heavy atom. The lowest BCUT2D eigenvalue weighted by molar-refractivity contribution is 0.110. The van der Waals surface area contributed by atoms with Crippen LogP contribution < -0.4 is 5.32 Å². The number of amides is 2. The summed E-state index contributed by atoms with van der Waals surface area (Å²) in [5.41, 5.74) is 1.63. The Labute approximate surface area is 136 Å². The van der Waals surface area contributed by atoms with Crippen LogP contribution in [0.5, 0.6) is 0 Å². The number of urea groups is 1. The van der Waals surface area contributed by atoms with Gasteiger partial charge in [-0.25, -0.2) is 9.18 Å². The summed E-state index contributed by atoms with van der Waals surface area (Å²) in [6.45, 7) is 3.36. The Kier molecular flexibility index (Phi) is 6.36. The van der Waals surface area contributed by atoms with Gasteiger partial charge in [-0.15, -0.1) is 0 Å². The van der Waals surface area contributed by atoms with E-state index in [2.05, 4.69) is 5.32 Å². The molecule has 23 heavy (non-hydrogen) atoms. The second kappa shape index (κ2) is 8.26. The average Bonchev–Trinajstić information content (AvgIpc) is 2.94. The van der Waals surface area contributed by atoms with Gasteiger partial charge >= 0.3 is 6.03 Å². The molecule has 128 valence electrons. The number of carbonyl (C=O) groups excluding carboxylic acids is 1. The average molecular weight is 324 g/mol. The van der Waals surface area contributed by atoms with E-state index < -0.39 is 0 Å². The molecular formula is C17H25FN2O3. The number of aryl methyl sites for hydroxylation is 1. The van der Waals surface area contributed by atoms with E-state index in [0.29, 0.717) is 31.7 Å². The molecule has 1 heterocycles. The van der Waals surface area contributed by atoms with E-state index in [1.165, 1.54) is 6.07 Å². The highest BCUT2D eigenvalue weighted by Gasteiger charge is 2.35. The summed E-state index contributed by atoms with van der Waals surface area (Å²) < 4.78 is 24.2. The van der Waals surface area contributed by atoms with E-state index in [-0.39, 0.29) is 24.0 Å². The minimum absolute atomic E-state index is 0.0145. The molecule has 1 aromatic carbocycles. The van der Waals surface area contributed by atoms with Gasteiger partial charge < -0.3 is 19.7 Å². The zero-order valence-electron chi connectivity index (χ0n) is 14.0. The summed E-state index contributed by atoms with van der Waals surface area (Å²) in [5, 5.41) is 2.86. The highest BCUT2D eigenvalue weighted by molar-refractivity contribution is 5.75. The number of nitrogens with one attached hydrogen (secondary N) is 1. The maximum Gasteiger partial charge on any atom is 0.317 e. The largest absolute Gasteiger partial charge is 0.383 e. The molecule has 1 aromatic rings. The summed E-state index contributed by atoms with van der Waals surface area (Å²) in [4.78, 5) is 14.1. The summed E-state index contributed by atoms with van der Waals surface area (Å²) >= 11 is 0. The molecule has 5 nitrogen and oxygen atoms in total. The van der Waals surface area contributed by atoms with Gasteiger partial charge in [-0.2, -0.15) is 0 Å². The van der Waals surface area contributed by atoms with Gasteiger partial charge in [0.15, 0.2) is 0 Å². The smallest absolute Gasteiger partial charge is 0.317 e. The Morgan fingerprint density at radius 1 is 1.43 bits per heavy atom. The maximum atomic E-state index is 13.7. The number of rotatable bonds is 6. The molecule has 1 fully saturated rings. The van der Waals surface area contributed by atoms with E-state index >= 15 is 0 Å². The quantitative estimate of drug-likeness (QED) is 0.872. The monoisotopic (exact) mass is 324 g/mol. The summed E-state index contributed by atoms with van der Waals surface area (Å²) in [7, 11) is 3.27. The number of methoxy groups -OCH3 is 2. The number of carbonyl (C=O) groups is 1. The van der Waals surface area contributed by atoms with E-state index in [0.717, 1.165) is 12.0 Å². The van der Waals surface area contributed by atoms with Gasteiger partial charge in [-0.3, -0.25) is 0 Å². The molecule has 2 rings (SSSR count). The van der Waals surface area contributed by atoms with Crippen molar-refractivity contribution in [3.05, 3.63) is 35.1 Å². The lowest BCUT2D eigenvalue weighted by Crippen LogP contribution is -2.45. The van der Waals surface area contributed by atoms with Crippen molar-refractivity contribution < 1.29 is 18.7 Å². The van der Waals surface area contributed by atoms with Crippen molar-refractivity contribution in [1.82, 2.24) is 10.2 Å². The fourth-order valence-electron chi connectivity index (χ4n) is 2.94. The van der Waals surface area contributed by atoms with Gasteiger partial charge in [-0.1, -0.05) is 17.7 Å². The van der Waals surface area contributed by atoms with Crippen LogP contribution in [0.15, 0.2) is 18.2 Å². The third-order valence-corrected chi connectivity index (χ3v) is 4.20. The maximum absolute atomic E-state index is 13.7. The van der Waals surface area contributed by atoms with Gasteiger partial charge in [0.25, 0.3) is 0 Å². The van der Waals surface area contributed by atoms with Crippen molar-refractivity contribution >= 4 is 6.03 Å². The van der Waals surface area contributed by atoms with Crippen LogP contribution >= 0.6 is 0 Å². The molecular weight excluding hydrogens is 299 g/mol. The SMILES string of the molecule is COC[C@@H]1C[C@H](OC)CN1C(=O)NCCc1cc(C)ccc1F. The normalized spacial score (nSPS) is 20.8. The van der Waals surface area contributed by atoms with Crippen LogP contribution in [0.3, 0.4) is 0 Å². The van der Waals surface area contributed by atoms with Gasteiger partial charge in [0.1, 0.15) is 5.82 Å². The molecule has 2 amide bonds. The number of benzene rings is 1. The van der Waals surface area contributed by atoms with Crippen molar-refractivity contribution in [2.24, 2.45) is 0 Å². The summed E-state index contributed by atoms with van der Waals surface area (Å²) in [6, 6.07) is 4.87. The molecule has 0 bridgehead atoms. The van der Waals surface area contributed by atoms with Gasteiger partial charge in [-0.05, 0) is 31.4 Å². The second-order valence-electron chi connectivity index (χ2n) is 5.93. The zero-order chi connectivity index (χ0) is 16.8. The highest BCUT2D eigenvalue weighted by Crippen LogP contribution is 2.20. The Bertz CT molecular complexity index is 539. The molecule has 0 aromatic heterocycles. The van der Waals surface area contributed by atoms with Crippen molar-refractivity contribution in [1.29, 1.82) is 0 Å². The standard InChI is InChI=1S/C17H25FN2O3/c1-12-4-5-16(18)13(8-12)6-7-19-17(21)20-10-15(23-3)9-14(20)11-22-2/h4-5,8,14-15H,6-7,9-11H2,1-3H3,(H,19,21)/t14-,15-/m0/s1. The molecule has 6 heteroatoms. The number of halogens is 1. The van der Waals surface area contributed by atoms with Gasteiger partial charge in [0, 0.05) is 27.3 Å². The van der Waals surface area contributed by atoms with Crippen LogP contribution in [0.4, 0.5) is 9.18 Å². The van der Waals surface area contributed by atoms with Gasteiger partial charge in [0.2, 0.25) is 0 Å². The number of hydrogen-bond donors (Lipinski definition) is 1. The molecule has 1 saturated heterocycles.